The molecule has 0 amide bonds. The summed E-state index contributed by atoms with van der Waals surface area (Å²) in [6, 6.07) is 4.16. The maximum absolute atomic E-state index is 6.41. The lowest BCUT2D eigenvalue weighted by atomic mass is 9.61. The Labute approximate surface area is 129 Å². The molecule has 0 N–H and O–H groups in total. The van der Waals surface area contributed by atoms with Crippen LogP contribution in [0.1, 0.15) is 47.1 Å². The molecule has 2 rings (SSSR count). The van der Waals surface area contributed by atoms with E-state index in [2.05, 4.69) is 57.5 Å². The Morgan fingerprint density at radius 1 is 1.19 bits per heavy atom. The Kier molecular flexibility index (Phi) is 4.46. The van der Waals surface area contributed by atoms with Crippen LogP contribution in [0.2, 0.25) is 0 Å². The van der Waals surface area contributed by atoms with E-state index >= 15 is 0 Å². The molecule has 1 aliphatic heterocycles. The predicted octanol–water partition coefficient (Wildman–Crippen LogP) is 3.74. The van der Waals surface area contributed by atoms with E-state index in [9.17, 15) is 0 Å². The fraction of sp³-hybridized carbons (Fsp3) is 0.722. The highest BCUT2D eigenvalue weighted by Crippen LogP contribution is 2.48. The van der Waals surface area contributed by atoms with Gasteiger partial charge < -0.3 is 4.74 Å². The molecule has 0 saturated carbocycles. The molecule has 0 unspecified atom stereocenters. The molecule has 3 heteroatoms. The average molecular weight is 290 g/mol. The van der Waals surface area contributed by atoms with Crippen molar-refractivity contribution in [3.05, 3.63) is 30.1 Å². The lowest BCUT2D eigenvalue weighted by molar-refractivity contribution is -0.219. The fourth-order valence-corrected chi connectivity index (χ4v) is 3.71. The molecular formula is C18H30N2O. The number of aromatic nitrogens is 1. The van der Waals surface area contributed by atoms with Crippen LogP contribution in [0.3, 0.4) is 0 Å². The van der Waals surface area contributed by atoms with E-state index < -0.39 is 0 Å². The monoisotopic (exact) mass is 290 g/mol. The van der Waals surface area contributed by atoms with Crippen molar-refractivity contribution in [1.82, 2.24) is 9.88 Å². The molecule has 2 heterocycles. The van der Waals surface area contributed by atoms with Crippen molar-refractivity contribution < 1.29 is 4.74 Å². The van der Waals surface area contributed by atoms with Crippen molar-refractivity contribution >= 4 is 0 Å². The van der Waals surface area contributed by atoms with Gasteiger partial charge in [-0.2, -0.15) is 0 Å². The number of pyridine rings is 1. The first-order chi connectivity index (χ1) is 9.66. The normalized spacial score (nSPS) is 20.5. The zero-order valence-electron chi connectivity index (χ0n) is 14.4. The van der Waals surface area contributed by atoms with E-state index in [0.29, 0.717) is 0 Å². The number of nitrogens with zero attached hydrogens (tertiary/aromatic N) is 2. The number of ether oxygens (including phenoxy) is 1. The van der Waals surface area contributed by atoms with Gasteiger partial charge in [0.2, 0.25) is 0 Å². The molecule has 3 nitrogen and oxygen atoms in total. The van der Waals surface area contributed by atoms with Crippen LogP contribution in [0.5, 0.6) is 0 Å². The zero-order chi connectivity index (χ0) is 15.7. The fourth-order valence-electron chi connectivity index (χ4n) is 3.71. The summed E-state index contributed by atoms with van der Waals surface area (Å²) in [4.78, 5) is 6.74. The summed E-state index contributed by atoms with van der Waals surface area (Å²) in [6.07, 6.45) is 3.79. The lowest BCUT2D eigenvalue weighted by Crippen LogP contribution is -2.64. The van der Waals surface area contributed by atoms with Gasteiger partial charge in [-0.15, -0.1) is 0 Å². The van der Waals surface area contributed by atoms with Gasteiger partial charge >= 0.3 is 0 Å². The molecule has 21 heavy (non-hydrogen) atoms. The first kappa shape index (κ1) is 16.4. The third-order valence-corrected chi connectivity index (χ3v) is 4.75. The van der Waals surface area contributed by atoms with Crippen molar-refractivity contribution in [2.75, 3.05) is 19.7 Å². The van der Waals surface area contributed by atoms with E-state index in [4.69, 9.17) is 4.74 Å². The van der Waals surface area contributed by atoms with Crippen molar-refractivity contribution in [2.24, 2.45) is 10.8 Å². The van der Waals surface area contributed by atoms with Crippen LogP contribution in [0.15, 0.2) is 24.5 Å². The number of morpholine rings is 1. The zero-order valence-corrected chi connectivity index (χ0v) is 14.4. The molecule has 0 bridgehead atoms. The van der Waals surface area contributed by atoms with Crippen LogP contribution >= 0.6 is 0 Å². The minimum atomic E-state index is -0.138. The maximum atomic E-state index is 6.41. The largest absolute Gasteiger partial charge is 0.371 e. The number of rotatable bonds is 2. The summed E-state index contributed by atoms with van der Waals surface area (Å²) in [5.41, 5.74) is 1.33. The Morgan fingerprint density at radius 2 is 1.86 bits per heavy atom. The van der Waals surface area contributed by atoms with Gasteiger partial charge in [-0.25, -0.2) is 0 Å². The highest BCUT2D eigenvalue weighted by atomic mass is 16.5. The Morgan fingerprint density at radius 3 is 2.38 bits per heavy atom. The highest BCUT2D eigenvalue weighted by Gasteiger charge is 2.53. The first-order valence-corrected chi connectivity index (χ1v) is 7.91. The van der Waals surface area contributed by atoms with Gasteiger partial charge in [0, 0.05) is 32.0 Å². The van der Waals surface area contributed by atoms with Crippen LogP contribution in [-0.4, -0.2) is 35.2 Å². The van der Waals surface area contributed by atoms with E-state index in [0.717, 1.165) is 26.2 Å². The molecule has 1 aromatic rings. The number of hydrogen-bond acceptors (Lipinski definition) is 3. The summed E-state index contributed by atoms with van der Waals surface area (Å²) in [6.45, 7) is 17.5. The molecule has 0 atom stereocenters. The standard InChI is InChI=1S/C18H30N2O/c1-16(2,3)18(17(4,5)6)14-20(10-11-21-18)13-15-8-7-9-19-12-15/h7-9,12H,10-11,13-14H2,1-6H3. The second-order valence-electron chi connectivity index (χ2n) is 8.25. The van der Waals surface area contributed by atoms with Gasteiger partial charge in [-0.3, -0.25) is 9.88 Å². The Balaban J connectivity index is 2.22. The first-order valence-electron chi connectivity index (χ1n) is 7.91. The van der Waals surface area contributed by atoms with Crippen molar-refractivity contribution in [1.29, 1.82) is 0 Å². The molecular weight excluding hydrogens is 260 g/mol. The SMILES string of the molecule is CC(C)(C)C1(C(C)(C)C)CN(Cc2cccnc2)CCO1. The second-order valence-corrected chi connectivity index (χ2v) is 8.25. The lowest BCUT2D eigenvalue weighted by Gasteiger charge is -2.57. The van der Waals surface area contributed by atoms with E-state index in [1.807, 2.05) is 18.5 Å². The molecule has 1 saturated heterocycles. The van der Waals surface area contributed by atoms with Crippen molar-refractivity contribution in [2.45, 2.75) is 53.7 Å². The minimum Gasteiger partial charge on any atom is -0.371 e. The van der Waals surface area contributed by atoms with Gasteiger partial charge in [0.25, 0.3) is 0 Å². The van der Waals surface area contributed by atoms with Gasteiger partial charge in [-0.05, 0) is 22.5 Å². The molecule has 0 aliphatic carbocycles. The molecule has 1 fully saturated rings. The average Bonchev–Trinajstić information content (AvgIpc) is 2.37. The van der Waals surface area contributed by atoms with Crippen LogP contribution in [0, 0.1) is 10.8 Å². The second kappa shape index (κ2) is 5.69. The third kappa shape index (κ3) is 3.29. The molecule has 0 radical (unpaired) electrons. The molecule has 0 aromatic carbocycles. The van der Waals surface area contributed by atoms with Crippen molar-refractivity contribution in [3.8, 4) is 0 Å². The Bertz CT molecular complexity index is 442. The summed E-state index contributed by atoms with van der Waals surface area (Å²) in [5, 5.41) is 0. The van der Waals surface area contributed by atoms with Crippen molar-refractivity contribution in [3.63, 3.8) is 0 Å². The topological polar surface area (TPSA) is 25.4 Å². The van der Waals surface area contributed by atoms with E-state index in [-0.39, 0.29) is 16.4 Å². The van der Waals surface area contributed by atoms with Gasteiger partial charge in [0.1, 0.15) is 0 Å². The van der Waals surface area contributed by atoms with Gasteiger partial charge in [-0.1, -0.05) is 47.6 Å². The van der Waals surface area contributed by atoms with Gasteiger partial charge in [0.15, 0.2) is 0 Å². The van der Waals surface area contributed by atoms with Crippen LogP contribution in [-0.2, 0) is 11.3 Å². The van der Waals surface area contributed by atoms with E-state index in [1.165, 1.54) is 5.56 Å². The molecule has 1 aliphatic rings. The van der Waals surface area contributed by atoms with Crippen LogP contribution < -0.4 is 0 Å². The highest BCUT2D eigenvalue weighted by molar-refractivity contribution is 5.10. The molecule has 0 spiro atoms. The summed E-state index contributed by atoms with van der Waals surface area (Å²) in [5.74, 6) is 0. The molecule has 118 valence electrons. The summed E-state index contributed by atoms with van der Waals surface area (Å²) >= 11 is 0. The Hall–Kier alpha value is -0.930. The quantitative estimate of drug-likeness (QED) is 0.829. The van der Waals surface area contributed by atoms with Gasteiger partial charge in [0.05, 0.1) is 12.2 Å². The third-order valence-electron chi connectivity index (χ3n) is 4.75. The summed E-state index contributed by atoms with van der Waals surface area (Å²) in [7, 11) is 0. The summed E-state index contributed by atoms with van der Waals surface area (Å²) < 4.78 is 6.41. The van der Waals surface area contributed by atoms with Crippen LogP contribution in [0.25, 0.3) is 0 Å². The van der Waals surface area contributed by atoms with Crippen LogP contribution in [0.4, 0.5) is 0 Å². The smallest absolute Gasteiger partial charge is 0.0905 e. The molecule has 1 aromatic heterocycles. The predicted molar refractivity (Wildman–Crippen MR) is 87.1 cm³/mol. The minimum absolute atomic E-state index is 0.0961. The maximum Gasteiger partial charge on any atom is 0.0905 e. The number of hydrogen-bond donors (Lipinski definition) is 0. The van der Waals surface area contributed by atoms with E-state index in [1.54, 1.807) is 0 Å².